The Bertz CT molecular complexity index is 493. The van der Waals surface area contributed by atoms with E-state index in [4.69, 9.17) is 10.5 Å². The molecule has 0 radical (unpaired) electrons. The molecule has 1 heterocycles. The van der Waals surface area contributed by atoms with Crippen molar-refractivity contribution in [3.63, 3.8) is 0 Å². The number of benzene rings is 1. The van der Waals surface area contributed by atoms with Crippen LogP contribution in [-0.2, 0) is 6.42 Å². The molecule has 0 spiro atoms. The van der Waals surface area contributed by atoms with Gasteiger partial charge in [0.2, 0.25) is 0 Å². The summed E-state index contributed by atoms with van der Waals surface area (Å²) in [6.45, 7) is 2.79. The topological polar surface area (TPSA) is 35.2 Å². The average Bonchev–Trinajstić information content (AvgIpc) is 2.89. The summed E-state index contributed by atoms with van der Waals surface area (Å²) in [4.78, 5) is 1.39. The van der Waals surface area contributed by atoms with Crippen molar-refractivity contribution in [3.05, 3.63) is 51.7 Å². The van der Waals surface area contributed by atoms with E-state index in [2.05, 4.69) is 36.6 Å². The zero-order chi connectivity index (χ0) is 13.0. The summed E-state index contributed by atoms with van der Waals surface area (Å²) in [5.41, 5.74) is 8.51. The quantitative estimate of drug-likeness (QED) is 0.896. The SMILES string of the molecule is COc1ccc(C(CN)Cc2cccs2)c(C)c1. The van der Waals surface area contributed by atoms with Gasteiger partial charge >= 0.3 is 0 Å². The Hall–Kier alpha value is -1.32. The van der Waals surface area contributed by atoms with Crippen molar-refractivity contribution in [2.24, 2.45) is 5.73 Å². The molecule has 0 amide bonds. The third kappa shape index (κ3) is 2.92. The summed E-state index contributed by atoms with van der Waals surface area (Å²) < 4.78 is 5.24. The molecule has 0 aliphatic heterocycles. The van der Waals surface area contributed by atoms with Crippen molar-refractivity contribution in [2.75, 3.05) is 13.7 Å². The zero-order valence-electron chi connectivity index (χ0n) is 10.8. The maximum absolute atomic E-state index is 5.93. The highest BCUT2D eigenvalue weighted by Crippen LogP contribution is 2.27. The van der Waals surface area contributed by atoms with E-state index in [1.54, 1.807) is 18.4 Å². The lowest BCUT2D eigenvalue weighted by Crippen LogP contribution is -2.15. The van der Waals surface area contributed by atoms with Gasteiger partial charge in [0, 0.05) is 10.8 Å². The van der Waals surface area contributed by atoms with Crippen LogP contribution in [0.2, 0.25) is 0 Å². The van der Waals surface area contributed by atoms with Crippen molar-refractivity contribution < 1.29 is 4.74 Å². The number of hydrogen-bond donors (Lipinski definition) is 1. The number of ether oxygens (including phenoxy) is 1. The summed E-state index contributed by atoms with van der Waals surface area (Å²) in [5.74, 6) is 1.29. The lowest BCUT2D eigenvalue weighted by Gasteiger charge is -2.17. The Kier molecular flexibility index (Phi) is 4.39. The molecule has 3 heteroatoms. The Morgan fingerprint density at radius 3 is 2.72 bits per heavy atom. The van der Waals surface area contributed by atoms with Crippen molar-refractivity contribution in [2.45, 2.75) is 19.3 Å². The minimum atomic E-state index is 0.384. The van der Waals surface area contributed by atoms with Gasteiger partial charge in [-0.25, -0.2) is 0 Å². The van der Waals surface area contributed by atoms with Crippen LogP contribution in [0.4, 0.5) is 0 Å². The molecule has 2 rings (SSSR count). The second kappa shape index (κ2) is 6.03. The Balaban J connectivity index is 2.22. The van der Waals surface area contributed by atoms with Gasteiger partial charge in [0.15, 0.2) is 0 Å². The Labute approximate surface area is 112 Å². The van der Waals surface area contributed by atoms with Crippen molar-refractivity contribution in [3.8, 4) is 5.75 Å². The maximum atomic E-state index is 5.93. The fourth-order valence-corrected chi connectivity index (χ4v) is 3.01. The number of nitrogens with two attached hydrogens (primary N) is 1. The molecular formula is C15H19NOS. The predicted molar refractivity (Wildman–Crippen MR) is 77.5 cm³/mol. The third-order valence-electron chi connectivity index (χ3n) is 3.23. The highest BCUT2D eigenvalue weighted by Gasteiger charge is 2.14. The van der Waals surface area contributed by atoms with E-state index in [1.165, 1.54) is 16.0 Å². The third-order valence-corrected chi connectivity index (χ3v) is 4.13. The van der Waals surface area contributed by atoms with Gasteiger partial charge in [-0.15, -0.1) is 11.3 Å². The Morgan fingerprint density at radius 1 is 1.33 bits per heavy atom. The smallest absolute Gasteiger partial charge is 0.119 e. The molecule has 96 valence electrons. The molecule has 0 bridgehead atoms. The molecule has 2 aromatic rings. The summed E-state index contributed by atoms with van der Waals surface area (Å²) in [5, 5.41) is 2.11. The molecule has 0 aliphatic rings. The highest BCUT2D eigenvalue weighted by atomic mass is 32.1. The fraction of sp³-hybridized carbons (Fsp3) is 0.333. The normalized spacial score (nSPS) is 12.4. The first-order valence-corrected chi connectivity index (χ1v) is 6.99. The molecule has 0 aliphatic carbocycles. The van der Waals surface area contributed by atoms with Gasteiger partial charge in [-0.3, -0.25) is 0 Å². The van der Waals surface area contributed by atoms with E-state index < -0.39 is 0 Å². The molecule has 1 aromatic carbocycles. The van der Waals surface area contributed by atoms with Crippen LogP contribution in [0.5, 0.6) is 5.75 Å². The average molecular weight is 261 g/mol. The number of aryl methyl sites for hydroxylation is 1. The van der Waals surface area contributed by atoms with Crippen LogP contribution in [0.25, 0.3) is 0 Å². The lowest BCUT2D eigenvalue weighted by atomic mass is 9.91. The lowest BCUT2D eigenvalue weighted by molar-refractivity contribution is 0.414. The zero-order valence-corrected chi connectivity index (χ0v) is 11.7. The van der Waals surface area contributed by atoms with Crippen LogP contribution in [0.15, 0.2) is 35.7 Å². The molecule has 2 nitrogen and oxygen atoms in total. The standard InChI is InChI=1S/C15H19NOS/c1-11-8-13(17-2)5-6-15(11)12(10-16)9-14-4-3-7-18-14/h3-8,12H,9-10,16H2,1-2H3. The molecule has 0 saturated heterocycles. The monoisotopic (exact) mass is 261 g/mol. The van der Waals surface area contributed by atoms with E-state index >= 15 is 0 Å². The summed E-state index contributed by atoms with van der Waals surface area (Å²) in [6, 6.07) is 10.5. The van der Waals surface area contributed by atoms with Gasteiger partial charge in [0.25, 0.3) is 0 Å². The van der Waals surface area contributed by atoms with Crippen molar-refractivity contribution >= 4 is 11.3 Å². The minimum absolute atomic E-state index is 0.384. The van der Waals surface area contributed by atoms with E-state index in [1.807, 2.05) is 6.07 Å². The van der Waals surface area contributed by atoms with Gasteiger partial charge in [0.05, 0.1) is 7.11 Å². The van der Waals surface area contributed by atoms with Gasteiger partial charge in [-0.05, 0) is 54.6 Å². The van der Waals surface area contributed by atoms with E-state index in [-0.39, 0.29) is 0 Å². The molecule has 0 fully saturated rings. The largest absolute Gasteiger partial charge is 0.497 e. The van der Waals surface area contributed by atoms with Crippen molar-refractivity contribution in [1.29, 1.82) is 0 Å². The number of rotatable bonds is 5. The molecule has 18 heavy (non-hydrogen) atoms. The molecular weight excluding hydrogens is 242 g/mol. The fourth-order valence-electron chi connectivity index (χ4n) is 2.23. The molecule has 1 atom stereocenters. The van der Waals surface area contributed by atoms with Crippen LogP contribution in [0, 0.1) is 6.92 Å². The first kappa shape index (κ1) is 13.1. The maximum Gasteiger partial charge on any atom is 0.119 e. The predicted octanol–water partition coefficient (Wildman–Crippen LogP) is 3.35. The number of hydrogen-bond acceptors (Lipinski definition) is 3. The van der Waals surface area contributed by atoms with Crippen LogP contribution < -0.4 is 10.5 Å². The molecule has 2 N–H and O–H groups in total. The van der Waals surface area contributed by atoms with Crippen LogP contribution in [-0.4, -0.2) is 13.7 Å². The van der Waals surface area contributed by atoms with Crippen LogP contribution in [0.3, 0.4) is 0 Å². The highest BCUT2D eigenvalue weighted by molar-refractivity contribution is 7.09. The molecule has 1 aromatic heterocycles. The van der Waals surface area contributed by atoms with E-state index in [0.717, 1.165) is 12.2 Å². The second-order valence-electron chi connectivity index (χ2n) is 4.44. The molecule has 0 saturated carbocycles. The van der Waals surface area contributed by atoms with Gasteiger partial charge in [-0.2, -0.15) is 0 Å². The van der Waals surface area contributed by atoms with Gasteiger partial charge in [-0.1, -0.05) is 12.1 Å². The summed E-state index contributed by atoms with van der Waals surface area (Å²) in [7, 11) is 1.69. The first-order chi connectivity index (χ1) is 8.74. The Morgan fingerprint density at radius 2 is 2.17 bits per heavy atom. The number of thiophene rings is 1. The summed E-state index contributed by atoms with van der Waals surface area (Å²) >= 11 is 1.79. The minimum Gasteiger partial charge on any atom is -0.497 e. The van der Waals surface area contributed by atoms with Crippen LogP contribution >= 0.6 is 11.3 Å². The van der Waals surface area contributed by atoms with Crippen LogP contribution in [0.1, 0.15) is 21.9 Å². The summed E-state index contributed by atoms with van der Waals surface area (Å²) in [6.07, 6.45) is 1.02. The van der Waals surface area contributed by atoms with E-state index in [9.17, 15) is 0 Å². The van der Waals surface area contributed by atoms with Crippen molar-refractivity contribution in [1.82, 2.24) is 0 Å². The van der Waals surface area contributed by atoms with E-state index in [0.29, 0.717) is 12.5 Å². The van der Waals surface area contributed by atoms with Gasteiger partial charge < -0.3 is 10.5 Å². The molecule has 1 unspecified atom stereocenters. The number of methoxy groups -OCH3 is 1. The first-order valence-electron chi connectivity index (χ1n) is 6.11. The second-order valence-corrected chi connectivity index (χ2v) is 5.47. The van der Waals surface area contributed by atoms with Gasteiger partial charge in [0.1, 0.15) is 5.75 Å².